The van der Waals surface area contributed by atoms with Gasteiger partial charge in [-0.1, -0.05) is 24.3 Å². The van der Waals surface area contributed by atoms with Crippen LogP contribution in [0.1, 0.15) is 18.5 Å². The Kier molecular flexibility index (Phi) is 5.06. The van der Waals surface area contributed by atoms with Crippen LogP contribution < -0.4 is 15.4 Å². The number of phenols is 1. The summed E-state index contributed by atoms with van der Waals surface area (Å²) >= 11 is 0. The minimum atomic E-state index is -0.590. The number of benzene rings is 2. The lowest BCUT2D eigenvalue weighted by Crippen LogP contribution is -2.31. The summed E-state index contributed by atoms with van der Waals surface area (Å²) in [6.45, 7) is 1.81. The van der Waals surface area contributed by atoms with Crippen LogP contribution in [0.5, 0.6) is 11.5 Å². The first kappa shape index (κ1) is 20.4. The van der Waals surface area contributed by atoms with Crippen molar-refractivity contribution in [3.05, 3.63) is 83.8 Å². The van der Waals surface area contributed by atoms with Crippen molar-refractivity contribution in [2.75, 3.05) is 17.7 Å². The number of fused-ring (bicyclic) bond motifs is 1. The number of rotatable bonds is 5. The number of ether oxygens (including phenoxy) is 1. The van der Waals surface area contributed by atoms with Crippen LogP contribution in [-0.4, -0.2) is 32.9 Å². The van der Waals surface area contributed by atoms with E-state index in [2.05, 4.69) is 20.7 Å². The number of carbonyl (C=O) groups is 1. The highest BCUT2D eigenvalue weighted by atomic mass is 16.5. The molecule has 0 radical (unpaired) electrons. The number of furan rings is 1. The van der Waals surface area contributed by atoms with Crippen LogP contribution in [0.25, 0.3) is 11.6 Å². The third-order valence-corrected chi connectivity index (χ3v) is 5.40. The van der Waals surface area contributed by atoms with Gasteiger partial charge in [0.25, 0.3) is 5.91 Å². The number of nitrogens with one attached hydrogen (secondary N) is 2. The van der Waals surface area contributed by atoms with Crippen LogP contribution in [0, 0.1) is 0 Å². The predicted octanol–water partition coefficient (Wildman–Crippen LogP) is 4.18. The van der Waals surface area contributed by atoms with E-state index < -0.39 is 6.04 Å². The summed E-state index contributed by atoms with van der Waals surface area (Å²) in [6, 6.07) is 16.8. The zero-order valence-electron chi connectivity index (χ0n) is 17.9. The molecular weight excluding hydrogens is 422 g/mol. The van der Waals surface area contributed by atoms with Gasteiger partial charge in [-0.2, -0.15) is 4.98 Å². The Bertz CT molecular complexity index is 1340. The molecule has 1 aliphatic rings. The zero-order valence-corrected chi connectivity index (χ0v) is 17.9. The van der Waals surface area contributed by atoms with Crippen LogP contribution in [0.15, 0.2) is 82.6 Å². The molecule has 0 saturated carbocycles. The fourth-order valence-electron chi connectivity index (χ4n) is 3.86. The van der Waals surface area contributed by atoms with Crippen molar-refractivity contribution in [3.8, 4) is 23.1 Å². The summed E-state index contributed by atoms with van der Waals surface area (Å²) in [5, 5.41) is 20.6. The molecule has 2 aromatic heterocycles. The van der Waals surface area contributed by atoms with Crippen LogP contribution in [0.4, 0.5) is 11.6 Å². The molecule has 1 atom stereocenters. The highest BCUT2D eigenvalue weighted by molar-refractivity contribution is 6.06. The number of carbonyl (C=O) groups excluding carboxylic acids is 1. The van der Waals surface area contributed by atoms with Crippen LogP contribution in [0.3, 0.4) is 0 Å². The zero-order chi connectivity index (χ0) is 22.9. The quantitative estimate of drug-likeness (QED) is 0.424. The van der Waals surface area contributed by atoms with Crippen LogP contribution in [0.2, 0.25) is 0 Å². The van der Waals surface area contributed by atoms with E-state index in [1.165, 1.54) is 0 Å². The van der Waals surface area contributed by atoms with E-state index >= 15 is 0 Å². The van der Waals surface area contributed by atoms with Gasteiger partial charge in [0.1, 0.15) is 17.5 Å². The van der Waals surface area contributed by atoms with Crippen molar-refractivity contribution in [2.45, 2.75) is 13.0 Å². The Labute approximate surface area is 189 Å². The molecule has 1 amide bonds. The molecule has 0 spiro atoms. The lowest BCUT2D eigenvalue weighted by atomic mass is 9.95. The highest BCUT2D eigenvalue weighted by Gasteiger charge is 2.35. The number of hydrogen-bond acceptors (Lipinski definition) is 7. The van der Waals surface area contributed by atoms with Gasteiger partial charge < -0.3 is 24.9 Å². The van der Waals surface area contributed by atoms with E-state index in [1.54, 1.807) is 66.6 Å². The smallest absolute Gasteiger partial charge is 0.255 e. The highest BCUT2D eigenvalue weighted by Crippen LogP contribution is 2.37. The molecule has 0 fully saturated rings. The monoisotopic (exact) mass is 443 g/mol. The molecule has 5 rings (SSSR count). The molecule has 0 bridgehead atoms. The van der Waals surface area contributed by atoms with Crippen molar-refractivity contribution >= 4 is 17.5 Å². The third kappa shape index (κ3) is 3.69. The van der Waals surface area contributed by atoms with Gasteiger partial charge in [-0.25, -0.2) is 4.68 Å². The fraction of sp³-hybridized carbons (Fsp3) is 0.125. The second-order valence-corrected chi connectivity index (χ2v) is 7.49. The number of allylic oxidation sites excluding steroid dienone is 1. The molecule has 3 N–H and O–H groups in total. The summed E-state index contributed by atoms with van der Waals surface area (Å²) < 4.78 is 12.5. The topological polar surface area (TPSA) is 114 Å². The Morgan fingerprint density at radius 1 is 1.15 bits per heavy atom. The maximum Gasteiger partial charge on any atom is 0.255 e. The Balaban J connectivity index is 1.60. The van der Waals surface area contributed by atoms with E-state index in [0.717, 1.165) is 5.56 Å². The number of phenolic OH excluding ortho intramolecular Hbond substituents is 1. The van der Waals surface area contributed by atoms with Gasteiger partial charge in [-0.15, -0.1) is 5.10 Å². The standard InChI is InChI=1S/C24H21N5O4/c1-14-20(23(31)26-17-6-3-4-7-18(17)32-2)21(15-9-11-16(30)12-10-15)29-24(25-14)27-22(28-29)19-8-5-13-33-19/h3-13,21,30H,1-2H3,(H,26,31)(H,25,27,28). The largest absolute Gasteiger partial charge is 0.508 e. The first-order valence-corrected chi connectivity index (χ1v) is 10.3. The molecule has 166 valence electrons. The minimum Gasteiger partial charge on any atom is -0.508 e. The summed E-state index contributed by atoms with van der Waals surface area (Å²) in [5.74, 6) is 1.75. The molecule has 33 heavy (non-hydrogen) atoms. The number of hydrogen-bond donors (Lipinski definition) is 3. The summed E-state index contributed by atoms with van der Waals surface area (Å²) in [7, 11) is 1.55. The van der Waals surface area contributed by atoms with E-state index in [0.29, 0.717) is 40.2 Å². The van der Waals surface area contributed by atoms with E-state index in [4.69, 9.17) is 9.15 Å². The molecular formula is C24H21N5O4. The lowest BCUT2D eigenvalue weighted by molar-refractivity contribution is -0.113. The normalized spacial score (nSPS) is 15.0. The maximum atomic E-state index is 13.5. The number of aromatic hydroxyl groups is 1. The SMILES string of the molecule is COc1ccccc1NC(=O)C1=C(C)Nc2nc(-c3ccco3)nn2C1c1ccc(O)cc1. The number of aromatic nitrogens is 3. The Morgan fingerprint density at radius 2 is 1.94 bits per heavy atom. The Morgan fingerprint density at radius 3 is 2.67 bits per heavy atom. The van der Waals surface area contributed by atoms with Gasteiger partial charge in [0.15, 0.2) is 5.76 Å². The molecule has 9 heteroatoms. The van der Waals surface area contributed by atoms with E-state index in [9.17, 15) is 9.90 Å². The van der Waals surface area contributed by atoms with Gasteiger partial charge in [0.2, 0.25) is 11.8 Å². The predicted molar refractivity (Wildman–Crippen MR) is 122 cm³/mol. The fourth-order valence-corrected chi connectivity index (χ4v) is 3.86. The molecule has 9 nitrogen and oxygen atoms in total. The second kappa shape index (κ2) is 8.19. The maximum absolute atomic E-state index is 13.5. The molecule has 2 aromatic carbocycles. The van der Waals surface area contributed by atoms with Crippen LogP contribution >= 0.6 is 0 Å². The van der Waals surface area contributed by atoms with Gasteiger partial charge >= 0.3 is 0 Å². The van der Waals surface area contributed by atoms with Gasteiger partial charge in [0, 0.05) is 5.70 Å². The molecule has 1 aliphatic heterocycles. The molecule has 0 saturated heterocycles. The lowest BCUT2D eigenvalue weighted by Gasteiger charge is -2.28. The second-order valence-electron chi connectivity index (χ2n) is 7.49. The third-order valence-electron chi connectivity index (χ3n) is 5.40. The first-order valence-electron chi connectivity index (χ1n) is 10.3. The van der Waals surface area contributed by atoms with E-state index in [1.807, 2.05) is 19.1 Å². The van der Waals surface area contributed by atoms with E-state index in [-0.39, 0.29) is 11.7 Å². The van der Waals surface area contributed by atoms with Gasteiger partial charge in [-0.3, -0.25) is 4.79 Å². The molecule has 4 aromatic rings. The summed E-state index contributed by atoms with van der Waals surface area (Å²) in [4.78, 5) is 18.1. The number of anilines is 2. The number of methoxy groups -OCH3 is 1. The van der Waals surface area contributed by atoms with Crippen molar-refractivity contribution in [2.24, 2.45) is 0 Å². The number of amides is 1. The summed E-state index contributed by atoms with van der Waals surface area (Å²) in [6.07, 6.45) is 1.55. The number of nitrogens with zero attached hydrogens (tertiary/aromatic N) is 3. The average molecular weight is 443 g/mol. The molecule has 0 aliphatic carbocycles. The molecule has 1 unspecified atom stereocenters. The average Bonchev–Trinajstić information content (AvgIpc) is 3.49. The first-order chi connectivity index (χ1) is 16.0. The van der Waals surface area contributed by atoms with Gasteiger partial charge in [0.05, 0.1) is 24.6 Å². The number of para-hydroxylation sites is 2. The minimum absolute atomic E-state index is 0.128. The van der Waals surface area contributed by atoms with Crippen molar-refractivity contribution < 1.29 is 19.1 Å². The van der Waals surface area contributed by atoms with Crippen molar-refractivity contribution in [1.29, 1.82) is 0 Å². The van der Waals surface area contributed by atoms with Crippen LogP contribution in [-0.2, 0) is 4.79 Å². The molecule has 3 heterocycles. The summed E-state index contributed by atoms with van der Waals surface area (Å²) in [5.41, 5.74) is 2.40. The van der Waals surface area contributed by atoms with Gasteiger partial charge in [-0.05, 0) is 48.9 Å². The van der Waals surface area contributed by atoms with Crippen molar-refractivity contribution in [1.82, 2.24) is 14.8 Å². The van der Waals surface area contributed by atoms with Crippen molar-refractivity contribution in [3.63, 3.8) is 0 Å². The Hall–Kier alpha value is -4.53.